The average Bonchev–Trinajstić information content (AvgIpc) is 3.43. The molecule has 0 amide bonds. The van der Waals surface area contributed by atoms with Crippen molar-refractivity contribution in [2.45, 2.75) is 84.7 Å². The second kappa shape index (κ2) is 12.3. The van der Waals surface area contributed by atoms with Gasteiger partial charge in [0.1, 0.15) is 0 Å². The van der Waals surface area contributed by atoms with Crippen LogP contribution in [-0.4, -0.2) is 19.7 Å². The van der Waals surface area contributed by atoms with E-state index in [1.165, 1.54) is 61.1 Å². The summed E-state index contributed by atoms with van der Waals surface area (Å²) >= 11 is 0. The second-order valence-electron chi connectivity index (χ2n) is 14.9. The molecule has 2 aliphatic carbocycles. The molecule has 0 atom stereocenters. The summed E-state index contributed by atoms with van der Waals surface area (Å²) in [5, 5.41) is 3.35. The lowest BCUT2D eigenvalue weighted by molar-refractivity contribution is 0.0803. The number of fused-ring (bicyclic) bond motifs is 4. The van der Waals surface area contributed by atoms with E-state index in [1.807, 2.05) is 7.05 Å². The van der Waals surface area contributed by atoms with Crippen LogP contribution >= 0.6 is 0 Å². The fourth-order valence-electron chi connectivity index (χ4n) is 7.76. The van der Waals surface area contributed by atoms with Gasteiger partial charge >= 0.3 is 6.92 Å². The van der Waals surface area contributed by atoms with E-state index in [9.17, 15) is 0 Å². The summed E-state index contributed by atoms with van der Waals surface area (Å²) in [6.07, 6.45) is 6.54. The summed E-state index contributed by atoms with van der Waals surface area (Å²) in [7, 11) is 1.96. The van der Waals surface area contributed by atoms with Crippen LogP contribution in [-0.2, 0) is 15.5 Å². The molecule has 4 aromatic carbocycles. The number of hydrogen-bond acceptors (Lipinski definition) is 2. The van der Waals surface area contributed by atoms with E-state index in [-0.39, 0.29) is 17.7 Å². The van der Waals surface area contributed by atoms with Crippen molar-refractivity contribution < 1.29 is 4.65 Å². The molecule has 0 radical (unpaired) electrons. The van der Waals surface area contributed by atoms with Crippen LogP contribution in [0.4, 0.5) is 0 Å². The molecule has 0 saturated heterocycles. The van der Waals surface area contributed by atoms with Crippen LogP contribution in [0.2, 0.25) is 6.32 Å². The van der Waals surface area contributed by atoms with Crippen LogP contribution in [0.5, 0.6) is 0 Å². The first-order valence-corrected chi connectivity index (χ1v) is 17.3. The molecule has 0 saturated carbocycles. The molecular formula is C44H50BNO. The molecular weight excluding hydrogens is 569 g/mol. The Morgan fingerprint density at radius 3 is 2.11 bits per heavy atom. The third-order valence-electron chi connectivity index (χ3n) is 10.7. The Labute approximate surface area is 283 Å². The Morgan fingerprint density at radius 2 is 1.45 bits per heavy atom. The lowest BCUT2D eigenvalue weighted by Crippen LogP contribution is -2.48. The van der Waals surface area contributed by atoms with Crippen molar-refractivity contribution in [2.75, 3.05) is 7.05 Å². The fourth-order valence-corrected chi connectivity index (χ4v) is 7.76. The molecule has 3 heteroatoms. The summed E-state index contributed by atoms with van der Waals surface area (Å²) in [6, 6.07) is 31.7. The van der Waals surface area contributed by atoms with Crippen molar-refractivity contribution >= 4 is 23.5 Å². The topological polar surface area (TPSA) is 21.3 Å². The van der Waals surface area contributed by atoms with Gasteiger partial charge < -0.3 is 4.65 Å². The SMILES string of the molecule is C=C(C=C1/C(=C\C)c2ccccc2C1(C)C)c1cc(B(CCC)OC(C)(C)NC)cc(-c2ccc3c(c2)C(C)(C)c2ccccc2-3)c1. The number of allylic oxidation sites excluding steroid dienone is 5. The van der Waals surface area contributed by atoms with E-state index in [0.29, 0.717) is 0 Å². The van der Waals surface area contributed by atoms with Crippen molar-refractivity contribution in [3.8, 4) is 22.3 Å². The molecule has 4 aromatic rings. The fraction of sp³-hybridized carbons (Fsp3) is 0.318. The summed E-state index contributed by atoms with van der Waals surface area (Å²) in [5.41, 5.74) is 15.9. The van der Waals surface area contributed by atoms with E-state index in [4.69, 9.17) is 11.2 Å². The molecule has 0 unspecified atom stereocenters. The zero-order valence-electron chi connectivity index (χ0n) is 29.8. The van der Waals surface area contributed by atoms with Crippen molar-refractivity contribution in [1.82, 2.24) is 5.32 Å². The van der Waals surface area contributed by atoms with Gasteiger partial charge in [-0.3, -0.25) is 5.32 Å². The molecule has 2 aliphatic rings. The van der Waals surface area contributed by atoms with Gasteiger partial charge in [-0.25, -0.2) is 0 Å². The first kappa shape index (κ1) is 33.0. The minimum absolute atomic E-state index is 0.0602. The molecule has 0 aromatic heterocycles. The molecule has 240 valence electrons. The molecule has 6 rings (SSSR count). The highest BCUT2D eigenvalue weighted by molar-refractivity contribution is 6.67. The van der Waals surface area contributed by atoms with Gasteiger partial charge in [0.25, 0.3) is 0 Å². The molecule has 0 heterocycles. The van der Waals surface area contributed by atoms with Gasteiger partial charge in [0.15, 0.2) is 0 Å². The summed E-state index contributed by atoms with van der Waals surface area (Å²) in [6.45, 7) is 22.6. The molecule has 0 fully saturated rings. The van der Waals surface area contributed by atoms with Crippen molar-refractivity contribution in [3.63, 3.8) is 0 Å². The van der Waals surface area contributed by atoms with E-state index in [2.05, 4.69) is 158 Å². The minimum atomic E-state index is -0.459. The predicted molar refractivity (Wildman–Crippen MR) is 204 cm³/mol. The van der Waals surface area contributed by atoms with Gasteiger partial charge in [-0.05, 0) is 119 Å². The highest BCUT2D eigenvalue weighted by Gasteiger charge is 2.38. The predicted octanol–water partition coefficient (Wildman–Crippen LogP) is 10.6. The lowest BCUT2D eigenvalue weighted by Gasteiger charge is -2.30. The molecule has 0 spiro atoms. The maximum atomic E-state index is 6.77. The van der Waals surface area contributed by atoms with E-state index in [1.54, 1.807) is 0 Å². The third kappa shape index (κ3) is 5.79. The number of rotatable bonds is 9. The van der Waals surface area contributed by atoms with Gasteiger partial charge in [-0.1, -0.05) is 133 Å². The number of nitrogens with one attached hydrogen (secondary N) is 1. The summed E-state index contributed by atoms with van der Waals surface area (Å²) < 4.78 is 6.77. The molecule has 0 aliphatic heterocycles. The smallest absolute Gasteiger partial charge is 0.329 e. The molecule has 2 nitrogen and oxygen atoms in total. The standard InChI is InChI=1S/C44H50BNO/c1-11-23-45(47-44(8,9)46-10)33-26-31(29(3)24-40-34(12-2)35-17-13-15-19-38(35)42(40,4)5)25-32(27-33)30-21-22-37-36-18-14-16-20-39(36)43(6,7)41(37)28-30/h12-22,24-28,46H,3,11,23H2,1-2,4-10H3/b34-12-,40-24?. The highest BCUT2D eigenvalue weighted by atomic mass is 16.5. The van der Waals surface area contributed by atoms with Gasteiger partial charge in [0.2, 0.25) is 0 Å². The van der Waals surface area contributed by atoms with E-state index >= 15 is 0 Å². The van der Waals surface area contributed by atoms with Crippen molar-refractivity contribution in [1.29, 1.82) is 0 Å². The first-order valence-electron chi connectivity index (χ1n) is 17.3. The van der Waals surface area contributed by atoms with Crippen LogP contribution in [0.25, 0.3) is 33.4 Å². The summed E-state index contributed by atoms with van der Waals surface area (Å²) in [5.74, 6) is 0. The largest absolute Gasteiger partial charge is 0.414 e. The quantitative estimate of drug-likeness (QED) is 0.149. The number of hydrogen-bond donors (Lipinski definition) is 1. The zero-order valence-corrected chi connectivity index (χ0v) is 29.8. The Morgan fingerprint density at radius 1 is 0.809 bits per heavy atom. The van der Waals surface area contributed by atoms with Gasteiger partial charge in [-0.2, -0.15) is 0 Å². The molecule has 47 heavy (non-hydrogen) atoms. The maximum absolute atomic E-state index is 6.77. The van der Waals surface area contributed by atoms with Crippen molar-refractivity contribution in [2.24, 2.45) is 0 Å². The Balaban J connectivity index is 1.50. The second-order valence-corrected chi connectivity index (χ2v) is 14.9. The Hall–Kier alpha value is -3.92. The van der Waals surface area contributed by atoms with Crippen LogP contribution < -0.4 is 10.8 Å². The van der Waals surface area contributed by atoms with Gasteiger partial charge in [-0.15, -0.1) is 0 Å². The highest BCUT2D eigenvalue weighted by Crippen LogP contribution is 2.51. The normalized spacial score (nSPS) is 17.5. The summed E-state index contributed by atoms with van der Waals surface area (Å²) in [4.78, 5) is 0. The zero-order chi connectivity index (χ0) is 33.7. The minimum Gasteiger partial charge on any atom is -0.414 e. The number of benzene rings is 4. The monoisotopic (exact) mass is 619 g/mol. The van der Waals surface area contributed by atoms with Crippen LogP contribution in [0, 0.1) is 0 Å². The van der Waals surface area contributed by atoms with Crippen LogP contribution in [0.1, 0.15) is 89.6 Å². The first-order chi connectivity index (χ1) is 22.3. The van der Waals surface area contributed by atoms with E-state index in [0.717, 1.165) is 23.9 Å². The van der Waals surface area contributed by atoms with E-state index < -0.39 is 5.72 Å². The van der Waals surface area contributed by atoms with Crippen LogP contribution in [0.3, 0.4) is 0 Å². The molecule has 1 N–H and O–H groups in total. The third-order valence-corrected chi connectivity index (χ3v) is 10.7. The lowest BCUT2D eigenvalue weighted by atomic mass is 9.56. The Bertz CT molecular complexity index is 1920. The van der Waals surface area contributed by atoms with Crippen molar-refractivity contribution in [3.05, 3.63) is 137 Å². The van der Waals surface area contributed by atoms with Crippen LogP contribution in [0.15, 0.2) is 109 Å². The van der Waals surface area contributed by atoms with Gasteiger partial charge in [0, 0.05) is 10.8 Å². The van der Waals surface area contributed by atoms with Gasteiger partial charge in [0.05, 0.1) is 5.72 Å². The Kier molecular flexibility index (Phi) is 8.62. The molecule has 0 bridgehead atoms. The average molecular weight is 620 g/mol. The maximum Gasteiger partial charge on any atom is 0.329 e.